The van der Waals surface area contributed by atoms with Crippen molar-refractivity contribution in [2.45, 2.75) is 48.5 Å². The third-order valence-electron chi connectivity index (χ3n) is 29.8. The Labute approximate surface area is 853 Å². The Morgan fingerprint density at radius 3 is 0.918 bits per heavy atom. The zero-order valence-corrected chi connectivity index (χ0v) is 82.4. The minimum atomic E-state index is 0.845. The number of benzene rings is 24. The normalized spacial score (nSPS) is 11.9. The van der Waals surface area contributed by atoms with E-state index in [9.17, 15) is 0 Å². The SMILES string of the molecule is Cc1cc(C)c(N(c2ccccc2)c2ccc3c(c2)Oc2cc(C)cc4c2c-3cc2c3cc(C)ccc3c(-c3ccc(N(c5ccccc5-c5ccccc5)c5cccc6c5oc5ccccc56)cc3)cc42)c(C)c1.Cc1ccc2c(-c3ccc(N(c4ccccc4-c4ccccc4)c4cccc5c4oc4ccccc45)cc3)cc3c4cc(C)cc5c4c(cc3c2c1)-c1ccc(N(c2ccccc2)c2ccccc2)cc1O5. The van der Waals surface area contributed by atoms with Crippen LogP contribution >= 0.6 is 0 Å². The summed E-state index contributed by atoms with van der Waals surface area (Å²) in [7, 11) is 0. The molecule has 24 aromatic carbocycles. The van der Waals surface area contributed by atoms with Gasteiger partial charge in [0.15, 0.2) is 11.2 Å². The second kappa shape index (κ2) is 35.4. The number of anilines is 12. The van der Waals surface area contributed by atoms with Gasteiger partial charge in [0.1, 0.15) is 34.2 Å². The number of ether oxygens (including phenoxy) is 2. The maximum Gasteiger partial charge on any atom is 0.159 e. The quantitative estimate of drug-likeness (QED) is 0.0887. The molecule has 8 nitrogen and oxygen atoms in total. The highest BCUT2D eigenvalue weighted by molar-refractivity contribution is 6.28. The fourth-order valence-corrected chi connectivity index (χ4v) is 23.4. The van der Waals surface area contributed by atoms with Crippen LogP contribution in [0.1, 0.15) is 38.9 Å². The largest absolute Gasteiger partial charge is 0.456 e. The Hall–Kier alpha value is -18.8. The summed E-state index contributed by atoms with van der Waals surface area (Å²) in [6.45, 7) is 15.3. The number of para-hydroxylation sites is 9. The van der Waals surface area contributed by atoms with Gasteiger partial charge in [-0.2, -0.15) is 0 Å². The average molecular weight is 1890 g/mol. The van der Waals surface area contributed by atoms with Crippen molar-refractivity contribution in [1.82, 2.24) is 0 Å². The Balaban J connectivity index is 0.000000146. The molecule has 4 heterocycles. The lowest BCUT2D eigenvalue weighted by Gasteiger charge is -2.30. The highest BCUT2D eigenvalue weighted by Gasteiger charge is 2.32. The molecular formula is C139H98N4O4. The van der Waals surface area contributed by atoms with E-state index in [-0.39, 0.29) is 0 Å². The molecule has 28 rings (SSSR count). The summed E-state index contributed by atoms with van der Waals surface area (Å²) in [6, 6.07) is 169. The molecule has 0 amide bonds. The average Bonchev–Trinajstić information content (AvgIpc) is 1.59. The molecular weight excluding hydrogens is 1790 g/mol. The molecule has 8 heteroatoms. The van der Waals surface area contributed by atoms with Gasteiger partial charge in [-0.25, -0.2) is 0 Å². The predicted molar refractivity (Wildman–Crippen MR) is 617 cm³/mol. The van der Waals surface area contributed by atoms with Gasteiger partial charge in [-0.15, -0.1) is 0 Å². The van der Waals surface area contributed by atoms with Crippen molar-refractivity contribution < 1.29 is 18.3 Å². The van der Waals surface area contributed by atoms with Crippen LogP contribution in [0.2, 0.25) is 0 Å². The highest BCUT2D eigenvalue weighted by Crippen LogP contribution is 2.58. The van der Waals surface area contributed by atoms with Crippen molar-refractivity contribution in [2.75, 3.05) is 19.6 Å². The Kier molecular flexibility index (Phi) is 21.0. The van der Waals surface area contributed by atoms with Crippen LogP contribution in [0.5, 0.6) is 23.0 Å². The lowest BCUT2D eigenvalue weighted by atomic mass is 9.85. The highest BCUT2D eigenvalue weighted by atomic mass is 16.5. The fraction of sp³-hybridized carbons (Fsp3) is 0.0504. The second-order valence-electron chi connectivity index (χ2n) is 39.4. The van der Waals surface area contributed by atoms with Crippen LogP contribution in [-0.4, -0.2) is 0 Å². The molecule has 0 fully saturated rings. The van der Waals surface area contributed by atoms with Crippen molar-refractivity contribution in [1.29, 1.82) is 0 Å². The van der Waals surface area contributed by atoms with E-state index >= 15 is 0 Å². The maximum atomic E-state index is 7.09. The van der Waals surface area contributed by atoms with Crippen molar-refractivity contribution in [2.24, 2.45) is 0 Å². The van der Waals surface area contributed by atoms with Gasteiger partial charge >= 0.3 is 0 Å². The molecule has 2 aromatic heterocycles. The van der Waals surface area contributed by atoms with Gasteiger partial charge in [-0.1, -0.05) is 314 Å². The first-order valence-electron chi connectivity index (χ1n) is 50.5. The van der Waals surface area contributed by atoms with E-state index in [0.717, 1.165) is 196 Å². The van der Waals surface area contributed by atoms with Crippen molar-refractivity contribution in [3.63, 3.8) is 0 Å². The van der Waals surface area contributed by atoms with Gasteiger partial charge in [-0.05, 0) is 327 Å². The summed E-state index contributed by atoms with van der Waals surface area (Å²) in [5.41, 5.74) is 38.3. The number of hydrogen-bond donors (Lipinski definition) is 0. The fourth-order valence-electron chi connectivity index (χ4n) is 23.4. The first kappa shape index (κ1) is 87.3. The third kappa shape index (κ3) is 15.0. The molecule has 0 saturated heterocycles. The van der Waals surface area contributed by atoms with Gasteiger partial charge in [0, 0.05) is 107 Å². The zero-order chi connectivity index (χ0) is 98.3. The van der Waals surface area contributed by atoms with E-state index < -0.39 is 0 Å². The summed E-state index contributed by atoms with van der Waals surface area (Å²) in [5.74, 6) is 3.45. The van der Waals surface area contributed by atoms with Gasteiger partial charge in [0.05, 0.1) is 28.4 Å². The Bertz CT molecular complexity index is 9760. The molecule has 0 unspecified atom stereocenters. The molecule has 698 valence electrons. The minimum absolute atomic E-state index is 0.845. The molecule has 0 saturated carbocycles. The smallest absolute Gasteiger partial charge is 0.159 e. The number of rotatable bonds is 16. The molecule has 0 bridgehead atoms. The molecule has 2 aliphatic heterocycles. The summed E-state index contributed by atoms with van der Waals surface area (Å²) >= 11 is 0. The molecule has 2 aliphatic rings. The predicted octanol–water partition coefficient (Wildman–Crippen LogP) is 40.3. The number of furan rings is 2. The summed E-state index contributed by atoms with van der Waals surface area (Å²) in [6.07, 6.45) is 0. The molecule has 0 N–H and O–H groups in total. The third-order valence-corrected chi connectivity index (χ3v) is 29.8. The van der Waals surface area contributed by atoms with Crippen LogP contribution in [0.3, 0.4) is 0 Å². The van der Waals surface area contributed by atoms with Crippen molar-refractivity contribution in [3.8, 4) is 89.8 Å². The van der Waals surface area contributed by atoms with Gasteiger partial charge in [-0.3, -0.25) is 0 Å². The zero-order valence-electron chi connectivity index (χ0n) is 82.4. The lowest BCUT2D eigenvalue weighted by molar-refractivity contribution is 0.486. The van der Waals surface area contributed by atoms with Gasteiger partial charge in [0.2, 0.25) is 0 Å². The Morgan fingerprint density at radius 1 is 0.163 bits per heavy atom. The van der Waals surface area contributed by atoms with E-state index in [1.54, 1.807) is 0 Å². The van der Waals surface area contributed by atoms with E-state index in [4.69, 9.17) is 18.3 Å². The van der Waals surface area contributed by atoms with E-state index in [0.29, 0.717) is 0 Å². The topological polar surface area (TPSA) is 57.7 Å². The first-order valence-corrected chi connectivity index (χ1v) is 50.5. The van der Waals surface area contributed by atoms with Crippen LogP contribution in [0.25, 0.3) is 175 Å². The van der Waals surface area contributed by atoms with E-state index in [1.165, 1.54) is 110 Å². The standard InChI is InChI=1S/C71H52N2O2.C68H46N2O2/c1-43-27-33-54-58(49-28-30-51(31-29-49)73(64-24-14-12-21-53(64)48-17-8-6-9-18-48)65-25-16-23-57-55-22-13-15-26-66(55)75-71(57)65)41-61-60(59(54)37-43)42-63-56-34-32-52(40-67(56)74-68-39-45(3)38-62(61)69(63)68)72(50-19-10-7-11-20-50)70-46(4)35-44(2)36-47(70)5;1-43-29-35-52-56(46-30-32-49(33-31-46)70(62-26-14-12-23-51(62)45-17-6-3-7-18-45)63-27-16-25-55-53-24-13-15-28-64(53)72-68(55)63)41-59-58(57(52)37-43)42-61-54-36-34-50(40-65(54)71-66-39-44(2)38-60(59)67(61)66)69(47-19-8-4-9-20-47)48-21-10-5-11-22-48/h6-42H,1-5H3;3-42H,1-2H3. The lowest BCUT2D eigenvalue weighted by Crippen LogP contribution is -2.13. The van der Waals surface area contributed by atoms with Crippen LogP contribution in [0.4, 0.5) is 68.2 Å². The summed E-state index contributed by atoms with van der Waals surface area (Å²) < 4.78 is 27.6. The van der Waals surface area contributed by atoms with Crippen LogP contribution in [0, 0.1) is 48.5 Å². The summed E-state index contributed by atoms with van der Waals surface area (Å²) in [5, 5.41) is 18.8. The van der Waals surface area contributed by atoms with Crippen molar-refractivity contribution >= 4 is 177 Å². The van der Waals surface area contributed by atoms with Gasteiger partial charge in [0.25, 0.3) is 0 Å². The van der Waals surface area contributed by atoms with Crippen molar-refractivity contribution in [3.05, 3.63) is 506 Å². The van der Waals surface area contributed by atoms with Crippen LogP contribution < -0.4 is 29.1 Å². The molecule has 0 radical (unpaired) electrons. The minimum Gasteiger partial charge on any atom is -0.456 e. The summed E-state index contributed by atoms with van der Waals surface area (Å²) in [4.78, 5) is 9.39. The number of fused-ring (bicyclic) bond motifs is 18. The molecule has 0 atom stereocenters. The van der Waals surface area contributed by atoms with Gasteiger partial charge < -0.3 is 37.9 Å². The number of nitrogens with zero attached hydrogens (tertiary/aromatic N) is 4. The Morgan fingerprint density at radius 2 is 0.483 bits per heavy atom. The second-order valence-corrected chi connectivity index (χ2v) is 39.4. The molecule has 0 aliphatic carbocycles. The maximum absolute atomic E-state index is 7.09. The van der Waals surface area contributed by atoms with Crippen LogP contribution in [-0.2, 0) is 0 Å². The number of aryl methyl sites for hydroxylation is 7. The van der Waals surface area contributed by atoms with Crippen LogP contribution in [0.15, 0.2) is 476 Å². The first-order chi connectivity index (χ1) is 72.3. The monoisotopic (exact) mass is 1890 g/mol. The van der Waals surface area contributed by atoms with E-state index in [2.05, 4.69) is 523 Å². The number of hydrogen-bond acceptors (Lipinski definition) is 8. The molecule has 0 spiro atoms. The molecule has 147 heavy (non-hydrogen) atoms. The van der Waals surface area contributed by atoms with E-state index in [1.807, 2.05) is 12.1 Å². The molecule has 26 aromatic rings.